The Labute approximate surface area is 140 Å². The molecule has 0 bridgehead atoms. The number of rotatable bonds is 3. The van der Waals surface area contributed by atoms with Crippen molar-refractivity contribution in [2.45, 2.75) is 45.0 Å². The van der Waals surface area contributed by atoms with E-state index < -0.39 is 0 Å². The Morgan fingerprint density at radius 2 is 2.00 bits per heavy atom. The van der Waals surface area contributed by atoms with Crippen LogP contribution in [-0.4, -0.2) is 9.55 Å². The lowest BCUT2D eigenvalue weighted by atomic mass is 9.98. The lowest BCUT2D eigenvalue weighted by Gasteiger charge is -2.19. The van der Waals surface area contributed by atoms with Crippen LogP contribution in [0.1, 0.15) is 44.3 Å². The van der Waals surface area contributed by atoms with E-state index in [1.807, 2.05) is 19.1 Å². The highest BCUT2D eigenvalue weighted by Crippen LogP contribution is 2.36. The first-order valence-electron chi connectivity index (χ1n) is 7.46. The molecule has 0 saturated heterocycles. The van der Waals surface area contributed by atoms with E-state index in [0.29, 0.717) is 16.0 Å². The van der Waals surface area contributed by atoms with E-state index in [2.05, 4.69) is 16.5 Å². The van der Waals surface area contributed by atoms with Crippen LogP contribution in [0.2, 0.25) is 10.0 Å². The maximum atomic E-state index is 6.33. The van der Waals surface area contributed by atoms with E-state index in [1.165, 1.54) is 19.3 Å². The quantitative estimate of drug-likeness (QED) is 0.616. The minimum atomic E-state index is -0.133. The van der Waals surface area contributed by atoms with Crippen molar-refractivity contribution >= 4 is 45.8 Å². The molecule has 1 aliphatic rings. The molecule has 0 spiro atoms. The van der Waals surface area contributed by atoms with Crippen molar-refractivity contribution in [3.05, 3.63) is 28.0 Å². The molecule has 1 aliphatic carbocycles. The van der Waals surface area contributed by atoms with Crippen molar-refractivity contribution in [3.63, 3.8) is 0 Å². The van der Waals surface area contributed by atoms with Crippen LogP contribution in [0, 0.1) is 11.8 Å². The van der Waals surface area contributed by atoms with Gasteiger partial charge >= 0.3 is 0 Å². The largest absolute Gasteiger partial charge is 0.326 e. The van der Waals surface area contributed by atoms with Crippen molar-refractivity contribution in [2.24, 2.45) is 11.8 Å². The molecule has 2 nitrogen and oxygen atoms in total. The molecular formula is C16H19Cl3N2. The number of halogens is 3. The number of fused-ring (bicyclic) bond motifs is 1. The van der Waals surface area contributed by atoms with Gasteiger partial charge in [0.2, 0.25) is 0 Å². The van der Waals surface area contributed by atoms with Crippen molar-refractivity contribution in [1.29, 1.82) is 0 Å². The maximum Gasteiger partial charge on any atom is 0.127 e. The SMILES string of the molecule is CC(Cl)c1nc2cc(Cl)c(Cl)cc2n1CC1CCCC1C. The first kappa shape index (κ1) is 15.5. The number of imidazole rings is 1. The van der Waals surface area contributed by atoms with Gasteiger partial charge in [0.25, 0.3) is 0 Å². The fourth-order valence-electron chi connectivity index (χ4n) is 3.36. The van der Waals surface area contributed by atoms with Crippen LogP contribution < -0.4 is 0 Å². The van der Waals surface area contributed by atoms with E-state index in [9.17, 15) is 0 Å². The molecule has 1 heterocycles. The van der Waals surface area contributed by atoms with Gasteiger partial charge in [-0.25, -0.2) is 4.98 Å². The van der Waals surface area contributed by atoms with Crippen LogP contribution in [-0.2, 0) is 6.54 Å². The van der Waals surface area contributed by atoms with Crippen molar-refractivity contribution in [1.82, 2.24) is 9.55 Å². The molecule has 2 aromatic rings. The van der Waals surface area contributed by atoms with Crippen LogP contribution in [0.4, 0.5) is 0 Å². The highest BCUT2D eigenvalue weighted by molar-refractivity contribution is 6.42. The summed E-state index contributed by atoms with van der Waals surface area (Å²) in [5.74, 6) is 2.35. The summed E-state index contributed by atoms with van der Waals surface area (Å²) in [6.07, 6.45) is 3.91. The summed E-state index contributed by atoms with van der Waals surface area (Å²) in [7, 11) is 0. The van der Waals surface area contributed by atoms with Gasteiger partial charge in [-0.1, -0.05) is 43.0 Å². The van der Waals surface area contributed by atoms with E-state index >= 15 is 0 Å². The molecule has 0 N–H and O–H groups in total. The van der Waals surface area contributed by atoms with Gasteiger partial charge in [0, 0.05) is 6.54 Å². The second-order valence-electron chi connectivity index (χ2n) is 6.12. The number of alkyl halides is 1. The van der Waals surface area contributed by atoms with Crippen LogP contribution in [0.5, 0.6) is 0 Å². The summed E-state index contributed by atoms with van der Waals surface area (Å²) in [6, 6.07) is 3.74. The first-order valence-corrected chi connectivity index (χ1v) is 8.66. The number of aromatic nitrogens is 2. The van der Waals surface area contributed by atoms with Gasteiger partial charge in [0.15, 0.2) is 0 Å². The summed E-state index contributed by atoms with van der Waals surface area (Å²) in [4.78, 5) is 4.67. The Balaban J connectivity index is 2.09. The minimum absolute atomic E-state index is 0.133. The van der Waals surface area contributed by atoms with Crippen molar-refractivity contribution in [3.8, 4) is 0 Å². The maximum absolute atomic E-state index is 6.33. The number of hydrogen-bond acceptors (Lipinski definition) is 1. The third-order valence-corrected chi connectivity index (χ3v) is 5.55. The highest BCUT2D eigenvalue weighted by atomic mass is 35.5. The first-order chi connectivity index (χ1) is 9.97. The lowest BCUT2D eigenvalue weighted by molar-refractivity contribution is 0.363. The van der Waals surface area contributed by atoms with Crippen molar-refractivity contribution < 1.29 is 0 Å². The molecule has 0 aliphatic heterocycles. The zero-order valence-electron chi connectivity index (χ0n) is 12.2. The average molecular weight is 346 g/mol. The highest BCUT2D eigenvalue weighted by Gasteiger charge is 2.26. The molecule has 0 amide bonds. The second-order valence-corrected chi connectivity index (χ2v) is 7.59. The minimum Gasteiger partial charge on any atom is -0.326 e. The average Bonchev–Trinajstić information content (AvgIpc) is 2.97. The van der Waals surface area contributed by atoms with E-state index in [4.69, 9.17) is 34.8 Å². The third kappa shape index (κ3) is 2.91. The summed E-state index contributed by atoms with van der Waals surface area (Å²) < 4.78 is 2.24. The lowest BCUT2D eigenvalue weighted by Crippen LogP contribution is -2.15. The summed E-state index contributed by atoms with van der Waals surface area (Å²) in [5.41, 5.74) is 1.91. The normalized spacial score (nSPS) is 23.9. The predicted octanol–water partition coefficient (Wildman–Crippen LogP) is 6.08. The fraction of sp³-hybridized carbons (Fsp3) is 0.562. The monoisotopic (exact) mass is 344 g/mol. The standard InChI is InChI=1S/C16H19Cl3N2/c1-9-4-3-5-11(9)8-21-15-7-13(19)12(18)6-14(15)20-16(21)10(2)17/h6-7,9-11H,3-5,8H2,1-2H3. The molecule has 3 atom stereocenters. The third-order valence-electron chi connectivity index (χ3n) is 4.63. The number of benzene rings is 1. The Hall–Kier alpha value is -0.440. The van der Waals surface area contributed by atoms with Crippen LogP contribution in [0.25, 0.3) is 11.0 Å². The van der Waals surface area contributed by atoms with Gasteiger partial charge < -0.3 is 4.57 Å². The molecule has 3 rings (SSSR count). The predicted molar refractivity (Wildman–Crippen MR) is 90.5 cm³/mol. The summed E-state index contributed by atoms with van der Waals surface area (Å²) in [5, 5.41) is 0.974. The molecular weight excluding hydrogens is 327 g/mol. The molecule has 0 radical (unpaired) electrons. The van der Waals surface area contributed by atoms with Crippen molar-refractivity contribution in [2.75, 3.05) is 0 Å². The molecule has 1 aromatic carbocycles. The Bertz CT molecular complexity index is 663. The van der Waals surface area contributed by atoms with Gasteiger partial charge in [-0.15, -0.1) is 11.6 Å². The zero-order chi connectivity index (χ0) is 15.1. The van der Waals surface area contributed by atoms with Gasteiger partial charge in [-0.05, 0) is 37.3 Å². The Kier molecular flexibility index (Phi) is 4.40. The van der Waals surface area contributed by atoms with Crippen LogP contribution >= 0.6 is 34.8 Å². The molecule has 1 aromatic heterocycles. The van der Waals surface area contributed by atoms with Gasteiger partial charge in [0.05, 0.1) is 26.5 Å². The summed E-state index contributed by atoms with van der Waals surface area (Å²) in [6.45, 7) is 5.26. The molecule has 1 saturated carbocycles. The van der Waals surface area contributed by atoms with Gasteiger partial charge in [-0.2, -0.15) is 0 Å². The van der Waals surface area contributed by atoms with E-state index in [-0.39, 0.29) is 5.38 Å². The smallest absolute Gasteiger partial charge is 0.127 e. The molecule has 114 valence electrons. The van der Waals surface area contributed by atoms with Crippen LogP contribution in [0.3, 0.4) is 0 Å². The molecule has 3 unspecified atom stereocenters. The number of nitrogens with zero attached hydrogens (tertiary/aromatic N) is 2. The Morgan fingerprint density at radius 3 is 2.62 bits per heavy atom. The van der Waals surface area contributed by atoms with Crippen LogP contribution in [0.15, 0.2) is 12.1 Å². The molecule has 5 heteroatoms. The fourth-order valence-corrected chi connectivity index (χ4v) is 3.84. The topological polar surface area (TPSA) is 17.8 Å². The Morgan fingerprint density at radius 1 is 1.29 bits per heavy atom. The number of hydrogen-bond donors (Lipinski definition) is 0. The van der Waals surface area contributed by atoms with Gasteiger partial charge in [-0.3, -0.25) is 0 Å². The second kappa shape index (κ2) is 5.98. The summed E-state index contributed by atoms with van der Waals surface area (Å²) >= 11 is 18.6. The molecule has 1 fully saturated rings. The van der Waals surface area contributed by atoms with Gasteiger partial charge in [0.1, 0.15) is 5.82 Å². The molecule has 21 heavy (non-hydrogen) atoms. The van der Waals surface area contributed by atoms with E-state index in [0.717, 1.165) is 29.3 Å². The zero-order valence-corrected chi connectivity index (χ0v) is 14.5. The van der Waals surface area contributed by atoms with E-state index in [1.54, 1.807) is 0 Å².